The van der Waals surface area contributed by atoms with Crippen LogP contribution in [0.1, 0.15) is 5.56 Å². The fraction of sp³-hybridized carbons (Fsp3) is 0.364. The first-order valence-electron chi connectivity index (χ1n) is 4.78. The fourth-order valence-corrected chi connectivity index (χ4v) is 1.92. The van der Waals surface area contributed by atoms with Gasteiger partial charge < -0.3 is 5.32 Å². The molecule has 1 aromatic heterocycles. The monoisotopic (exact) mass is 208 g/mol. The van der Waals surface area contributed by atoms with Crippen LogP contribution in [0.2, 0.25) is 0 Å². The molecule has 0 saturated carbocycles. The Hall–Kier alpha value is -0.860. The molecule has 0 amide bonds. The van der Waals surface area contributed by atoms with Crippen molar-refractivity contribution in [2.45, 2.75) is 11.8 Å². The number of hydrogen-bond donors (Lipinski definition) is 1. The number of halogens is 1. The molecule has 2 heterocycles. The summed E-state index contributed by atoms with van der Waals surface area (Å²) in [6.07, 6.45) is 6.79. The third-order valence-corrected chi connectivity index (χ3v) is 2.54. The van der Waals surface area contributed by atoms with Crippen molar-refractivity contribution in [3.8, 4) is 0 Å². The molecule has 0 bridgehead atoms. The van der Waals surface area contributed by atoms with Gasteiger partial charge in [0.1, 0.15) is 0 Å². The van der Waals surface area contributed by atoms with Gasteiger partial charge in [-0.1, -0.05) is 17.7 Å². The van der Waals surface area contributed by atoms with Crippen molar-refractivity contribution in [3.63, 3.8) is 0 Å². The van der Waals surface area contributed by atoms with Gasteiger partial charge in [0, 0.05) is 25.5 Å². The molecule has 1 unspecified atom stereocenters. The van der Waals surface area contributed by atoms with E-state index in [1.807, 2.05) is 12.3 Å². The summed E-state index contributed by atoms with van der Waals surface area (Å²) >= 11 is 6.02. The molecular formula is C11H13ClN2. The van der Waals surface area contributed by atoms with Crippen molar-refractivity contribution in [1.29, 1.82) is 0 Å². The number of alkyl halides is 1. The number of aromatic nitrogens is 1. The predicted octanol–water partition coefficient (Wildman–Crippen LogP) is 1.76. The second-order valence-electron chi connectivity index (χ2n) is 3.51. The largest absolute Gasteiger partial charge is 0.311 e. The minimum Gasteiger partial charge on any atom is -0.311 e. The Balaban J connectivity index is 2.04. The molecule has 2 nitrogen and oxygen atoms in total. The van der Waals surface area contributed by atoms with Gasteiger partial charge in [-0.05, 0) is 18.1 Å². The molecule has 1 aliphatic rings. The molecule has 0 spiro atoms. The topological polar surface area (TPSA) is 24.9 Å². The lowest BCUT2D eigenvalue weighted by atomic mass is 10.0. The summed E-state index contributed by atoms with van der Waals surface area (Å²) < 4.78 is 0. The first kappa shape index (κ1) is 9.69. The lowest BCUT2D eigenvalue weighted by Gasteiger charge is -2.17. The Morgan fingerprint density at radius 1 is 1.57 bits per heavy atom. The molecule has 14 heavy (non-hydrogen) atoms. The molecule has 2 rings (SSSR count). The highest BCUT2D eigenvalue weighted by Gasteiger charge is 2.10. The number of hydrogen-bond acceptors (Lipinski definition) is 2. The van der Waals surface area contributed by atoms with Crippen molar-refractivity contribution in [2.24, 2.45) is 0 Å². The summed E-state index contributed by atoms with van der Waals surface area (Å²) in [5.41, 5.74) is 2.59. The van der Waals surface area contributed by atoms with Gasteiger partial charge in [-0.25, -0.2) is 0 Å². The van der Waals surface area contributed by atoms with Crippen molar-refractivity contribution in [1.82, 2.24) is 10.3 Å². The summed E-state index contributed by atoms with van der Waals surface area (Å²) in [5.74, 6) is 0. The third kappa shape index (κ3) is 2.56. The van der Waals surface area contributed by atoms with Crippen LogP contribution in [0.25, 0.3) is 0 Å². The minimum absolute atomic E-state index is 0.135. The van der Waals surface area contributed by atoms with E-state index in [1.54, 1.807) is 6.20 Å². The van der Waals surface area contributed by atoms with E-state index in [4.69, 9.17) is 11.6 Å². The summed E-state index contributed by atoms with van der Waals surface area (Å²) in [7, 11) is 0. The first-order chi connectivity index (χ1) is 6.84. The SMILES string of the molecule is ClC1C=C(Cc2cccnc2)CNC1. The Bertz CT molecular complexity index is 321. The molecule has 0 aliphatic carbocycles. The van der Waals surface area contributed by atoms with E-state index in [0.29, 0.717) is 0 Å². The van der Waals surface area contributed by atoms with Crippen LogP contribution in [0.5, 0.6) is 0 Å². The van der Waals surface area contributed by atoms with E-state index in [-0.39, 0.29) is 5.38 Å². The smallest absolute Gasteiger partial charge is 0.0643 e. The average Bonchev–Trinajstić information content (AvgIpc) is 2.19. The Morgan fingerprint density at radius 2 is 2.50 bits per heavy atom. The molecule has 1 N–H and O–H groups in total. The quantitative estimate of drug-likeness (QED) is 0.592. The molecule has 74 valence electrons. The van der Waals surface area contributed by atoms with Crippen LogP contribution in [-0.2, 0) is 6.42 Å². The molecule has 0 aromatic carbocycles. The maximum absolute atomic E-state index is 6.02. The lowest BCUT2D eigenvalue weighted by Crippen LogP contribution is -2.30. The number of nitrogens with zero attached hydrogens (tertiary/aromatic N) is 1. The van der Waals surface area contributed by atoms with Gasteiger partial charge in [0.2, 0.25) is 0 Å². The molecule has 1 aromatic rings. The van der Waals surface area contributed by atoms with E-state index in [2.05, 4.69) is 22.4 Å². The fourth-order valence-electron chi connectivity index (χ4n) is 1.63. The summed E-state index contributed by atoms with van der Waals surface area (Å²) in [6, 6.07) is 4.05. The van der Waals surface area contributed by atoms with Crippen LogP contribution in [0.3, 0.4) is 0 Å². The van der Waals surface area contributed by atoms with Crippen LogP contribution in [0.15, 0.2) is 36.2 Å². The Morgan fingerprint density at radius 3 is 3.21 bits per heavy atom. The Kier molecular flexibility index (Phi) is 3.17. The minimum atomic E-state index is 0.135. The number of nitrogens with one attached hydrogen (secondary N) is 1. The molecule has 0 fully saturated rings. The number of rotatable bonds is 2. The molecular weight excluding hydrogens is 196 g/mol. The van der Waals surface area contributed by atoms with E-state index in [0.717, 1.165) is 19.5 Å². The Labute approximate surface area is 89.0 Å². The second-order valence-corrected chi connectivity index (χ2v) is 4.07. The zero-order valence-corrected chi connectivity index (χ0v) is 8.67. The highest BCUT2D eigenvalue weighted by Crippen LogP contribution is 2.12. The van der Waals surface area contributed by atoms with Crippen LogP contribution in [0, 0.1) is 0 Å². The number of pyridine rings is 1. The molecule has 3 heteroatoms. The molecule has 1 atom stereocenters. The van der Waals surface area contributed by atoms with Gasteiger partial charge in [-0.15, -0.1) is 11.6 Å². The average molecular weight is 209 g/mol. The highest BCUT2D eigenvalue weighted by atomic mass is 35.5. The van der Waals surface area contributed by atoms with Gasteiger partial charge >= 0.3 is 0 Å². The van der Waals surface area contributed by atoms with Crippen molar-refractivity contribution < 1.29 is 0 Å². The van der Waals surface area contributed by atoms with Crippen molar-refractivity contribution >= 4 is 11.6 Å². The normalized spacial score (nSPS) is 21.8. The van der Waals surface area contributed by atoms with Crippen molar-refractivity contribution in [3.05, 3.63) is 41.7 Å². The molecule has 1 aliphatic heterocycles. The van der Waals surface area contributed by atoms with Gasteiger partial charge in [0.05, 0.1) is 5.38 Å². The standard InChI is InChI=1S/C11H13ClN2/c12-11-5-10(7-14-8-11)4-9-2-1-3-13-6-9/h1-3,5-6,11,14H,4,7-8H2. The molecule has 0 saturated heterocycles. The maximum Gasteiger partial charge on any atom is 0.0643 e. The van der Waals surface area contributed by atoms with Gasteiger partial charge in [0.15, 0.2) is 0 Å². The zero-order chi connectivity index (χ0) is 9.80. The predicted molar refractivity (Wildman–Crippen MR) is 58.5 cm³/mol. The van der Waals surface area contributed by atoms with Gasteiger partial charge in [-0.2, -0.15) is 0 Å². The third-order valence-electron chi connectivity index (χ3n) is 2.26. The highest BCUT2D eigenvalue weighted by molar-refractivity contribution is 6.22. The summed E-state index contributed by atoms with van der Waals surface area (Å²) in [5, 5.41) is 3.42. The molecule has 0 radical (unpaired) electrons. The van der Waals surface area contributed by atoms with Gasteiger partial charge in [0.25, 0.3) is 0 Å². The first-order valence-corrected chi connectivity index (χ1v) is 5.21. The van der Waals surface area contributed by atoms with Gasteiger partial charge in [-0.3, -0.25) is 4.98 Å². The van der Waals surface area contributed by atoms with E-state index in [1.165, 1.54) is 11.1 Å². The van der Waals surface area contributed by atoms with E-state index < -0.39 is 0 Å². The lowest BCUT2D eigenvalue weighted by molar-refractivity contribution is 0.695. The van der Waals surface area contributed by atoms with Crippen LogP contribution in [0.4, 0.5) is 0 Å². The van der Waals surface area contributed by atoms with E-state index in [9.17, 15) is 0 Å². The zero-order valence-electron chi connectivity index (χ0n) is 7.91. The summed E-state index contributed by atoms with van der Waals surface area (Å²) in [4.78, 5) is 4.09. The summed E-state index contributed by atoms with van der Waals surface area (Å²) in [6.45, 7) is 1.82. The second kappa shape index (κ2) is 4.58. The maximum atomic E-state index is 6.02. The van der Waals surface area contributed by atoms with Crippen LogP contribution >= 0.6 is 11.6 Å². The van der Waals surface area contributed by atoms with E-state index >= 15 is 0 Å². The van der Waals surface area contributed by atoms with Crippen molar-refractivity contribution in [2.75, 3.05) is 13.1 Å². The van der Waals surface area contributed by atoms with Crippen LogP contribution in [-0.4, -0.2) is 23.5 Å². The van der Waals surface area contributed by atoms with Crippen LogP contribution < -0.4 is 5.32 Å².